The maximum absolute atomic E-state index is 13.0. The molecule has 0 amide bonds. The van der Waals surface area contributed by atoms with Gasteiger partial charge in [0.2, 0.25) is 0 Å². The van der Waals surface area contributed by atoms with Crippen molar-refractivity contribution in [2.75, 3.05) is 7.11 Å². The molecule has 0 spiro atoms. The van der Waals surface area contributed by atoms with Crippen LogP contribution in [0.1, 0.15) is 59.5 Å². The summed E-state index contributed by atoms with van der Waals surface area (Å²) in [6.07, 6.45) is 1.04. The van der Waals surface area contributed by atoms with E-state index >= 15 is 0 Å². The fourth-order valence-corrected chi connectivity index (χ4v) is 4.50. The maximum Gasteiger partial charge on any atom is 0.185 e. The Morgan fingerprint density at radius 2 is 1.74 bits per heavy atom. The minimum atomic E-state index is -0.00517. The lowest BCUT2D eigenvalue weighted by atomic mass is 9.83. The predicted octanol–water partition coefficient (Wildman–Crippen LogP) is 4.84. The number of methoxy groups -OCH3 is 1. The summed E-state index contributed by atoms with van der Waals surface area (Å²) in [5.74, 6) is 1.01. The summed E-state index contributed by atoms with van der Waals surface area (Å²) in [6, 6.07) is 18.0. The molecule has 2 heterocycles. The number of benzene rings is 2. The predicted molar refractivity (Wildman–Crippen MR) is 119 cm³/mol. The average Bonchev–Trinajstić information content (AvgIpc) is 3.20. The lowest BCUT2D eigenvalue weighted by Crippen LogP contribution is -2.24. The van der Waals surface area contributed by atoms with E-state index < -0.39 is 0 Å². The Labute approximate surface area is 180 Å². The Morgan fingerprint density at radius 1 is 1.00 bits per heavy atom. The molecule has 5 rings (SSSR count). The molecule has 2 aromatic carbocycles. The van der Waals surface area contributed by atoms with Crippen LogP contribution in [0.2, 0.25) is 0 Å². The van der Waals surface area contributed by atoms with E-state index in [-0.39, 0.29) is 17.6 Å². The van der Waals surface area contributed by atoms with E-state index in [0.717, 1.165) is 33.8 Å². The zero-order valence-corrected chi connectivity index (χ0v) is 17.9. The second kappa shape index (κ2) is 7.61. The van der Waals surface area contributed by atoms with Gasteiger partial charge in [-0.2, -0.15) is 5.10 Å². The monoisotopic (exact) mass is 412 g/mol. The quantitative estimate of drug-likeness (QED) is 0.480. The van der Waals surface area contributed by atoms with Crippen molar-refractivity contribution in [3.63, 3.8) is 0 Å². The van der Waals surface area contributed by atoms with Crippen molar-refractivity contribution in [3.8, 4) is 16.9 Å². The minimum Gasteiger partial charge on any atom is -0.496 e. The highest BCUT2D eigenvalue weighted by Gasteiger charge is 2.33. The Hall–Kier alpha value is -3.54. The van der Waals surface area contributed by atoms with E-state index in [1.807, 2.05) is 47.0 Å². The third kappa shape index (κ3) is 3.19. The van der Waals surface area contributed by atoms with Crippen molar-refractivity contribution in [1.29, 1.82) is 0 Å². The molecule has 4 aromatic rings. The summed E-state index contributed by atoms with van der Waals surface area (Å²) in [7, 11) is 1.66. The molecular formula is C25H24N4O2. The van der Waals surface area contributed by atoms with Crippen molar-refractivity contribution >= 4 is 11.4 Å². The van der Waals surface area contributed by atoms with Gasteiger partial charge in [0.05, 0.1) is 24.1 Å². The highest BCUT2D eigenvalue weighted by atomic mass is 16.5. The Morgan fingerprint density at radius 3 is 2.48 bits per heavy atom. The summed E-state index contributed by atoms with van der Waals surface area (Å²) >= 11 is 0. The van der Waals surface area contributed by atoms with E-state index in [0.29, 0.717) is 24.2 Å². The van der Waals surface area contributed by atoms with Gasteiger partial charge in [-0.3, -0.25) is 4.79 Å². The highest BCUT2D eigenvalue weighted by Crippen LogP contribution is 2.38. The van der Waals surface area contributed by atoms with Crippen molar-refractivity contribution < 1.29 is 9.53 Å². The summed E-state index contributed by atoms with van der Waals surface area (Å²) in [6.45, 7) is 4.24. The third-order valence-electron chi connectivity index (χ3n) is 5.99. The van der Waals surface area contributed by atoms with Gasteiger partial charge in [0.1, 0.15) is 5.75 Å². The SMILES string of the molecule is COc1ccccc1C1CC(=O)c2nnc3c(-c4ccccc4)c(C(C)C)nn3c2C1. The van der Waals surface area contributed by atoms with Crippen molar-refractivity contribution in [2.24, 2.45) is 0 Å². The van der Waals surface area contributed by atoms with Crippen LogP contribution in [0, 0.1) is 0 Å². The summed E-state index contributed by atoms with van der Waals surface area (Å²) in [5.41, 5.74) is 5.98. The molecule has 0 fully saturated rings. The third-order valence-corrected chi connectivity index (χ3v) is 5.99. The van der Waals surface area contributed by atoms with E-state index in [9.17, 15) is 4.79 Å². The van der Waals surface area contributed by atoms with Gasteiger partial charge >= 0.3 is 0 Å². The normalized spacial score (nSPS) is 16.0. The van der Waals surface area contributed by atoms with Crippen LogP contribution in [-0.2, 0) is 6.42 Å². The van der Waals surface area contributed by atoms with Gasteiger partial charge in [0.25, 0.3) is 0 Å². The zero-order chi connectivity index (χ0) is 21.5. The number of para-hydroxylation sites is 1. The molecular weight excluding hydrogens is 388 g/mol. The van der Waals surface area contributed by atoms with Crippen LogP contribution in [0.25, 0.3) is 16.8 Å². The fourth-order valence-electron chi connectivity index (χ4n) is 4.50. The van der Waals surface area contributed by atoms with E-state index in [2.05, 4.69) is 36.2 Å². The van der Waals surface area contributed by atoms with Crippen LogP contribution in [-0.4, -0.2) is 32.7 Å². The molecule has 2 aromatic heterocycles. The number of Topliss-reactive ketones (excluding diaryl/α,β-unsaturated/α-hetero) is 1. The number of aromatic nitrogens is 4. The van der Waals surface area contributed by atoms with Crippen LogP contribution in [0.4, 0.5) is 0 Å². The Bertz CT molecular complexity index is 1280. The maximum atomic E-state index is 13.0. The molecule has 0 aliphatic heterocycles. The van der Waals surface area contributed by atoms with Gasteiger partial charge < -0.3 is 4.74 Å². The van der Waals surface area contributed by atoms with Crippen molar-refractivity contribution in [1.82, 2.24) is 19.8 Å². The second-order valence-electron chi connectivity index (χ2n) is 8.28. The first-order chi connectivity index (χ1) is 15.1. The van der Waals surface area contributed by atoms with Gasteiger partial charge in [-0.05, 0) is 29.5 Å². The summed E-state index contributed by atoms with van der Waals surface area (Å²) in [4.78, 5) is 13.0. The first kappa shape index (κ1) is 19.4. The standard InChI is InChI=1S/C25H24N4O2/c1-15(2)23-22(16-9-5-4-6-10-16)25-27-26-24-19(29(25)28-23)13-17(14-20(24)30)18-11-7-8-12-21(18)31-3/h4-12,15,17H,13-14H2,1-3H3. The zero-order valence-electron chi connectivity index (χ0n) is 17.9. The van der Waals surface area contributed by atoms with Gasteiger partial charge in [-0.15, -0.1) is 10.2 Å². The van der Waals surface area contributed by atoms with Crippen LogP contribution in [0.5, 0.6) is 5.75 Å². The van der Waals surface area contributed by atoms with Gasteiger partial charge in [-0.25, -0.2) is 4.52 Å². The van der Waals surface area contributed by atoms with Crippen LogP contribution >= 0.6 is 0 Å². The number of carbonyl (C=O) groups excluding carboxylic acids is 1. The van der Waals surface area contributed by atoms with E-state index in [4.69, 9.17) is 9.84 Å². The number of carbonyl (C=O) groups is 1. The lowest BCUT2D eigenvalue weighted by molar-refractivity contribution is 0.0955. The average molecular weight is 412 g/mol. The highest BCUT2D eigenvalue weighted by molar-refractivity contribution is 5.97. The molecule has 1 aliphatic rings. The molecule has 0 saturated heterocycles. The summed E-state index contributed by atoms with van der Waals surface area (Å²) in [5, 5.41) is 13.8. The molecule has 0 radical (unpaired) electrons. The molecule has 1 aliphatic carbocycles. The first-order valence-corrected chi connectivity index (χ1v) is 10.6. The number of rotatable bonds is 4. The molecule has 156 valence electrons. The molecule has 1 unspecified atom stereocenters. The van der Waals surface area contributed by atoms with Crippen LogP contribution < -0.4 is 4.74 Å². The smallest absolute Gasteiger partial charge is 0.185 e. The largest absolute Gasteiger partial charge is 0.496 e. The number of ketones is 1. The number of nitrogens with zero attached hydrogens (tertiary/aromatic N) is 4. The second-order valence-corrected chi connectivity index (χ2v) is 8.28. The number of hydrogen-bond acceptors (Lipinski definition) is 5. The molecule has 6 heteroatoms. The molecule has 31 heavy (non-hydrogen) atoms. The minimum absolute atomic E-state index is 0.00517. The molecule has 0 bridgehead atoms. The molecule has 0 saturated carbocycles. The van der Waals surface area contributed by atoms with Gasteiger partial charge in [0.15, 0.2) is 17.1 Å². The van der Waals surface area contributed by atoms with Crippen molar-refractivity contribution in [3.05, 3.63) is 77.2 Å². The summed E-state index contributed by atoms with van der Waals surface area (Å²) < 4.78 is 7.41. The fraction of sp³-hybridized carbons (Fsp3) is 0.280. The molecule has 6 nitrogen and oxygen atoms in total. The molecule has 0 N–H and O–H groups in total. The van der Waals surface area contributed by atoms with E-state index in [1.165, 1.54) is 0 Å². The number of fused-ring (bicyclic) bond motifs is 3. The number of ether oxygens (including phenoxy) is 1. The van der Waals surface area contributed by atoms with Crippen LogP contribution in [0.15, 0.2) is 54.6 Å². The Kier molecular flexibility index (Phi) is 4.77. The Balaban J connectivity index is 1.71. The van der Waals surface area contributed by atoms with E-state index in [1.54, 1.807) is 7.11 Å². The van der Waals surface area contributed by atoms with Crippen molar-refractivity contribution in [2.45, 2.75) is 38.5 Å². The van der Waals surface area contributed by atoms with Crippen LogP contribution in [0.3, 0.4) is 0 Å². The topological polar surface area (TPSA) is 69.4 Å². The lowest BCUT2D eigenvalue weighted by Gasteiger charge is -2.24. The molecule has 1 atom stereocenters. The van der Waals surface area contributed by atoms with Gasteiger partial charge in [0, 0.05) is 12.3 Å². The number of hydrogen-bond donors (Lipinski definition) is 0. The van der Waals surface area contributed by atoms with Gasteiger partial charge in [-0.1, -0.05) is 62.4 Å². The first-order valence-electron chi connectivity index (χ1n) is 10.6.